The average Bonchev–Trinajstić information content (AvgIpc) is 2.02. The third kappa shape index (κ3) is 6.44. The molecule has 1 heterocycles. The monoisotopic (exact) mass is 225 g/mol. The number of hydrogen-bond donors (Lipinski definition) is 0. The summed E-state index contributed by atoms with van der Waals surface area (Å²) in [6.07, 6.45) is 6.56. The van der Waals surface area contributed by atoms with Crippen LogP contribution in [0.1, 0.15) is 38.5 Å². The molecule has 1 rings (SSSR count). The fourth-order valence-electron chi connectivity index (χ4n) is 1.20. The zero-order valence-electron chi connectivity index (χ0n) is 7.31. The molecule has 0 aliphatic carbocycles. The molecule has 1 amide bonds. The summed E-state index contributed by atoms with van der Waals surface area (Å²) in [6, 6.07) is 0. The number of carbonyl (C=O) groups excluding carboxylic acids is 1. The van der Waals surface area contributed by atoms with E-state index in [1.165, 1.54) is 19.3 Å². The number of hydrogen-bond acceptors (Lipinski definition) is 1. The van der Waals surface area contributed by atoms with Crippen LogP contribution >= 0.6 is 0 Å². The van der Waals surface area contributed by atoms with Crippen molar-refractivity contribution >= 4 is 5.91 Å². The van der Waals surface area contributed by atoms with Crippen molar-refractivity contribution in [2.45, 2.75) is 38.5 Å². The first-order valence-electron chi connectivity index (χ1n) is 4.10. The molecule has 2 nitrogen and oxygen atoms in total. The van der Waals surface area contributed by atoms with Crippen molar-refractivity contribution in [1.82, 2.24) is 0 Å². The average molecular weight is 226 g/mol. The molecule has 0 atom stereocenters. The van der Waals surface area contributed by atoms with Crippen LogP contribution in [0.2, 0.25) is 0 Å². The van der Waals surface area contributed by atoms with Gasteiger partial charge in [-0.2, -0.15) is 0 Å². The minimum Gasteiger partial charge on any atom is -0.653 e. The summed E-state index contributed by atoms with van der Waals surface area (Å²) < 4.78 is 0. The number of amides is 1. The molecule has 0 saturated carbocycles. The van der Waals surface area contributed by atoms with E-state index >= 15 is 0 Å². The molecule has 1 aliphatic rings. The van der Waals surface area contributed by atoms with Crippen LogP contribution in [-0.2, 0) is 4.79 Å². The van der Waals surface area contributed by atoms with E-state index < -0.39 is 0 Å². The summed E-state index contributed by atoms with van der Waals surface area (Å²) >= 11 is 0. The normalized spacial score (nSPS) is 20.2. The molecule has 0 N–H and O–H groups in total. The van der Waals surface area contributed by atoms with Gasteiger partial charge in [0.15, 0.2) is 0 Å². The van der Waals surface area contributed by atoms with Crippen LogP contribution in [-0.4, -0.2) is 12.5 Å². The van der Waals surface area contributed by atoms with Gasteiger partial charge in [0.25, 0.3) is 0 Å². The number of nitrogens with zero attached hydrogens (tertiary/aromatic N) is 1. The van der Waals surface area contributed by atoms with Crippen LogP contribution in [0.4, 0.5) is 0 Å². The Morgan fingerprint density at radius 2 is 1.64 bits per heavy atom. The van der Waals surface area contributed by atoms with Gasteiger partial charge in [-0.15, -0.1) is 6.54 Å². The molecular weight excluding hydrogens is 212 g/mol. The number of carbonyl (C=O) groups is 1. The van der Waals surface area contributed by atoms with Gasteiger partial charge in [0.05, 0.1) is 5.91 Å². The Labute approximate surface area is 117 Å². The van der Waals surface area contributed by atoms with E-state index in [1.807, 2.05) is 0 Å². The summed E-state index contributed by atoms with van der Waals surface area (Å²) in [6.45, 7) is 0.763. The fraction of sp³-hybridized carbons (Fsp3) is 0.875. The van der Waals surface area contributed by atoms with Crippen molar-refractivity contribution in [3.05, 3.63) is 5.32 Å². The molecule has 11 heavy (non-hydrogen) atoms. The van der Waals surface area contributed by atoms with Crippen molar-refractivity contribution < 1.29 is 63.0 Å². The van der Waals surface area contributed by atoms with E-state index in [2.05, 4.69) is 5.32 Å². The topological polar surface area (TPSA) is 31.2 Å². The summed E-state index contributed by atoms with van der Waals surface area (Å²) in [7, 11) is 0. The molecule has 1 aliphatic heterocycles. The van der Waals surface area contributed by atoms with Crippen LogP contribution in [0.5, 0.6) is 0 Å². The van der Waals surface area contributed by atoms with E-state index in [0.29, 0.717) is 6.42 Å². The quantitative estimate of drug-likeness (QED) is 0.534. The van der Waals surface area contributed by atoms with Gasteiger partial charge >= 0.3 is 58.2 Å². The molecule has 0 bridgehead atoms. The first-order valence-corrected chi connectivity index (χ1v) is 4.10. The molecule has 1 fully saturated rings. The first-order chi connectivity index (χ1) is 4.89. The molecule has 0 radical (unpaired) electrons. The second-order valence-corrected chi connectivity index (χ2v) is 2.79. The minimum absolute atomic E-state index is 0. The fourth-order valence-corrected chi connectivity index (χ4v) is 1.20. The maximum Gasteiger partial charge on any atom is 1.00 e. The van der Waals surface area contributed by atoms with Gasteiger partial charge in [-0.05, 0) is 12.8 Å². The minimum atomic E-state index is 0. The van der Waals surface area contributed by atoms with E-state index in [0.717, 1.165) is 19.4 Å². The van der Waals surface area contributed by atoms with Crippen molar-refractivity contribution in [2.24, 2.45) is 0 Å². The largest absolute Gasteiger partial charge is 1.00 e. The van der Waals surface area contributed by atoms with Gasteiger partial charge in [0.2, 0.25) is 0 Å². The zero-order chi connectivity index (χ0) is 7.23. The zero-order valence-corrected chi connectivity index (χ0v) is 12.2. The van der Waals surface area contributed by atoms with Gasteiger partial charge in [-0.1, -0.05) is 25.7 Å². The van der Waals surface area contributed by atoms with Crippen LogP contribution in [0.25, 0.3) is 5.32 Å². The molecule has 0 aromatic heterocycles. The van der Waals surface area contributed by atoms with E-state index in [9.17, 15) is 4.79 Å². The molecule has 0 unspecified atom stereocenters. The third-order valence-corrected chi connectivity index (χ3v) is 1.84. The van der Waals surface area contributed by atoms with Crippen molar-refractivity contribution in [2.75, 3.05) is 6.54 Å². The Morgan fingerprint density at radius 3 is 2.45 bits per heavy atom. The summed E-state index contributed by atoms with van der Waals surface area (Å²) in [5.41, 5.74) is 0. The van der Waals surface area contributed by atoms with E-state index in [4.69, 9.17) is 0 Å². The van der Waals surface area contributed by atoms with Gasteiger partial charge in [0.1, 0.15) is 0 Å². The van der Waals surface area contributed by atoms with Crippen LogP contribution in [0.15, 0.2) is 0 Å². The maximum atomic E-state index is 10.8. The van der Waals surface area contributed by atoms with Gasteiger partial charge in [-0.3, -0.25) is 0 Å². The second-order valence-electron chi connectivity index (χ2n) is 2.79. The second kappa shape index (κ2) is 7.90. The van der Waals surface area contributed by atoms with Gasteiger partial charge in [0, 0.05) is 0 Å². The number of rotatable bonds is 0. The summed E-state index contributed by atoms with van der Waals surface area (Å²) in [4.78, 5) is 10.8. The maximum absolute atomic E-state index is 10.8. The molecule has 3 heteroatoms. The third-order valence-electron chi connectivity index (χ3n) is 1.84. The summed E-state index contributed by atoms with van der Waals surface area (Å²) in [5, 5.41) is 3.90. The van der Waals surface area contributed by atoms with Crippen LogP contribution < -0.4 is 58.2 Å². The predicted octanol–water partition coefficient (Wildman–Crippen LogP) is -0.755. The standard InChI is InChI=1S/C8H15NO.Rb/c10-8-6-4-2-1-3-5-7-9-8;/h1-7H2,(H,9,10);/q;+1/p-1. The van der Waals surface area contributed by atoms with Crippen molar-refractivity contribution in [3.63, 3.8) is 0 Å². The Hall–Kier alpha value is 1.28. The SMILES string of the molecule is O=C1CCCCCCC[N-]1.[Rb+]. The van der Waals surface area contributed by atoms with Crippen molar-refractivity contribution in [3.8, 4) is 0 Å². The van der Waals surface area contributed by atoms with Gasteiger partial charge in [-0.25, -0.2) is 0 Å². The Kier molecular flexibility index (Phi) is 8.82. The molecule has 0 spiro atoms. The van der Waals surface area contributed by atoms with Crippen LogP contribution in [0, 0.1) is 0 Å². The van der Waals surface area contributed by atoms with Crippen molar-refractivity contribution in [1.29, 1.82) is 0 Å². The Morgan fingerprint density at radius 1 is 1.00 bits per heavy atom. The first kappa shape index (κ1) is 12.3. The van der Waals surface area contributed by atoms with Gasteiger partial charge < -0.3 is 10.1 Å². The molecular formula is C8H14NORb. The summed E-state index contributed by atoms with van der Waals surface area (Å²) in [5.74, 6) is 0.113. The molecule has 1 saturated heterocycles. The van der Waals surface area contributed by atoms with E-state index in [1.54, 1.807) is 0 Å². The Bertz CT molecular complexity index is 105. The smallest absolute Gasteiger partial charge is 0.653 e. The molecule has 58 valence electrons. The Balaban J connectivity index is 0.000001000. The van der Waals surface area contributed by atoms with Crippen LogP contribution in [0.3, 0.4) is 0 Å². The molecule has 0 aromatic rings. The predicted molar refractivity (Wildman–Crippen MR) is 40.9 cm³/mol. The van der Waals surface area contributed by atoms with E-state index in [-0.39, 0.29) is 64.1 Å². The molecule has 0 aromatic carbocycles.